The number of benzene rings is 1. The molecule has 0 radical (unpaired) electrons. The van der Waals surface area contributed by atoms with Gasteiger partial charge in [-0.3, -0.25) is 4.79 Å². The average molecular weight is 305 g/mol. The number of likely N-dealkylation sites (N-methyl/N-ethyl adjacent to an activating group) is 1. The van der Waals surface area contributed by atoms with Crippen molar-refractivity contribution < 1.29 is 19.5 Å². The van der Waals surface area contributed by atoms with Crippen LogP contribution in [0.5, 0.6) is 0 Å². The predicted octanol–water partition coefficient (Wildman–Crippen LogP) is 0.604. The molecule has 0 aromatic heterocycles. The first-order valence-corrected chi connectivity index (χ1v) is 6.97. The lowest BCUT2D eigenvalue weighted by molar-refractivity contribution is -0.142. The van der Waals surface area contributed by atoms with Gasteiger partial charge in [0, 0.05) is 20.1 Å². The van der Waals surface area contributed by atoms with Crippen LogP contribution in [0.15, 0.2) is 24.3 Å². The summed E-state index contributed by atoms with van der Waals surface area (Å²) in [5, 5.41) is 11.8. The lowest BCUT2D eigenvalue weighted by Gasteiger charge is -2.19. The minimum Gasteiger partial charge on any atom is -0.479 e. The molecule has 1 aliphatic heterocycles. The summed E-state index contributed by atoms with van der Waals surface area (Å²) < 4.78 is 0. The number of rotatable bonds is 5. The summed E-state index contributed by atoms with van der Waals surface area (Å²) in [6, 6.07) is 5.61. The third-order valence-electron chi connectivity index (χ3n) is 3.56. The number of carboxylic acids is 1. The van der Waals surface area contributed by atoms with E-state index in [9.17, 15) is 19.5 Å². The van der Waals surface area contributed by atoms with Crippen molar-refractivity contribution >= 4 is 17.9 Å². The summed E-state index contributed by atoms with van der Waals surface area (Å²) in [5.74, 6) is -1.62. The van der Waals surface area contributed by atoms with Crippen LogP contribution < -0.4 is 5.32 Å². The van der Waals surface area contributed by atoms with E-state index in [1.54, 1.807) is 25.2 Å². The van der Waals surface area contributed by atoms with Gasteiger partial charge in [0.1, 0.15) is 6.54 Å². The number of carboxylic acid groups (broad SMARTS) is 1. The summed E-state index contributed by atoms with van der Waals surface area (Å²) >= 11 is 0. The summed E-state index contributed by atoms with van der Waals surface area (Å²) in [7, 11) is 1.66. The summed E-state index contributed by atoms with van der Waals surface area (Å²) in [5.41, 5.74) is 1.42. The van der Waals surface area contributed by atoms with Gasteiger partial charge in [0.05, 0.1) is 0 Å². The Labute approximate surface area is 128 Å². The maximum atomic E-state index is 12.0. The largest absolute Gasteiger partial charge is 0.479 e. The van der Waals surface area contributed by atoms with Gasteiger partial charge in [-0.25, -0.2) is 9.59 Å². The van der Waals surface area contributed by atoms with Crippen molar-refractivity contribution in [3.63, 3.8) is 0 Å². The van der Waals surface area contributed by atoms with Gasteiger partial charge in [0.15, 0.2) is 6.04 Å². The molecule has 7 heteroatoms. The van der Waals surface area contributed by atoms with Crippen LogP contribution in [0, 0.1) is 6.92 Å². The molecule has 1 aliphatic rings. The molecule has 3 amide bonds. The zero-order valence-electron chi connectivity index (χ0n) is 12.6. The third-order valence-corrected chi connectivity index (χ3v) is 3.56. The smallest absolute Gasteiger partial charge is 0.330 e. The van der Waals surface area contributed by atoms with E-state index in [1.807, 2.05) is 13.0 Å². The molecule has 1 unspecified atom stereocenters. The number of amides is 3. The molecule has 0 saturated carbocycles. The van der Waals surface area contributed by atoms with Gasteiger partial charge >= 0.3 is 12.0 Å². The highest BCUT2D eigenvalue weighted by Gasteiger charge is 2.29. The van der Waals surface area contributed by atoms with E-state index in [1.165, 1.54) is 9.80 Å². The van der Waals surface area contributed by atoms with Crippen molar-refractivity contribution in [2.24, 2.45) is 0 Å². The Kier molecular flexibility index (Phi) is 4.65. The molecule has 1 aromatic carbocycles. The standard InChI is InChI=1S/C15H19N3O4/c1-10-4-3-5-11(8-10)13(14(20)21)16-12(19)9-18-7-6-17(2)15(18)22/h3-5,8,13H,6-7,9H2,1-2H3,(H,16,19)(H,20,21). The molecule has 7 nitrogen and oxygen atoms in total. The van der Waals surface area contributed by atoms with Gasteiger partial charge in [0.25, 0.3) is 0 Å². The summed E-state index contributed by atoms with van der Waals surface area (Å²) in [4.78, 5) is 38.1. The van der Waals surface area contributed by atoms with E-state index in [0.717, 1.165) is 5.56 Å². The first-order chi connectivity index (χ1) is 10.4. The fourth-order valence-electron chi connectivity index (χ4n) is 2.37. The first kappa shape index (κ1) is 15.8. The average Bonchev–Trinajstić information content (AvgIpc) is 2.76. The number of carbonyl (C=O) groups excluding carboxylic acids is 2. The molecule has 22 heavy (non-hydrogen) atoms. The Morgan fingerprint density at radius 2 is 2.09 bits per heavy atom. The fourth-order valence-corrected chi connectivity index (χ4v) is 2.37. The van der Waals surface area contributed by atoms with Crippen molar-refractivity contribution in [2.75, 3.05) is 26.7 Å². The molecular weight excluding hydrogens is 286 g/mol. The van der Waals surface area contributed by atoms with Crippen molar-refractivity contribution in [3.05, 3.63) is 35.4 Å². The zero-order valence-corrected chi connectivity index (χ0v) is 12.6. The van der Waals surface area contributed by atoms with E-state index in [2.05, 4.69) is 5.32 Å². The van der Waals surface area contributed by atoms with E-state index in [0.29, 0.717) is 18.7 Å². The van der Waals surface area contributed by atoms with Crippen molar-refractivity contribution in [3.8, 4) is 0 Å². The molecule has 1 saturated heterocycles. The molecule has 0 aliphatic carbocycles. The number of nitrogens with one attached hydrogen (secondary N) is 1. The maximum Gasteiger partial charge on any atom is 0.330 e. The summed E-state index contributed by atoms with van der Waals surface area (Å²) in [6.45, 7) is 2.74. The normalized spacial score (nSPS) is 15.8. The van der Waals surface area contributed by atoms with E-state index >= 15 is 0 Å². The number of hydrogen-bond donors (Lipinski definition) is 2. The van der Waals surface area contributed by atoms with Crippen LogP contribution in [-0.4, -0.2) is 59.5 Å². The SMILES string of the molecule is Cc1cccc(C(NC(=O)CN2CCN(C)C2=O)C(=O)O)c1. The van der Waals surface area contributed by atoms with Crippen molar-refractivity contribution in [1.82, 2.24) is 15.1 Å². The molecule has 0 bridgehead atoms. The minimum atomic E-state index is -1.14. The molecule has 1 atom stereocenters. The molecule has 118 valence electrons. The molecule has 1 aromatic rings. The lowest BCUT2D eigenvalue weighted by Crippen LogP contribution is -2.42. The van der Waals surface area contributed by atoms with Crippen LogP contribution in [-0.2, 0) is 9.59 Å². The van der Waals surface area contributed by atoms with Crippen LogP contribution in [0.3, 0.4) is 0 Å². The molecular formula is C15H19N3O4. The third kappa shape index (κ3) is 3.55. The molecule has 1 heterocycles. The van der Waals surface area contributed by atoms with Crippen molar-refractivity contribution in [2.45, 2.75) is 13.0 Å². The minimum absolute atomic E-state index is 0.140. The van der Waals surface area contributed by atoms with Gasteiger partial charge < -0.3 is 20.2 Å². The number of carbonyl (C=O) groups is 3. The topological polar surface area (TPSA) is 90.0 Å². The zero-order chi connectivity index (χ0) is 16.3. The second-order valence-corrected chi connectivity index (χ2v) is 5.38. The van der Waals surface area contributed by atoms with E-state index in [4.69, 9.17) is 0 Å². The maximum absolute atomic E-state index is 12.0. The van der Waals surface area contributed by atoms with Gasteiger partial charge in [-0.15, -0.1) is 0 Å². The number of aliphatic carboxylic acids is 1. The highest BCUT2D eigenvalue weighted by Crippen LogP contribution is 2.15. The van der Waals surface area contributed by atoms with Gasteiger partial charge in [-0.2, -0.15) is 0 Å². The number of hydrogen-bond acceptors (Lipinski definition) is 3. The van der Waals surface area contributed by atoms with Crippen LogP contribution in [0.2, 0.25) is 0 Å². The van der Waals surface area contributed by atoms with Crippen molar-refractivity contribution in [1.29, 1.82) is 0 Å². The number of urea groups is 1. The Bertz CT molecular complexity index is 602. The quantitative estimate of drug-likeness (QED) is 0.834. The number of nitrogens with zero attached hydrogens (tertiary/aromatic N) is 2. The van der Waals surface area contributed by atoms with Crippen LogP contribution in [0.4, 0.5) is 4.79 Å². The molecule has 0 spiro atoms. The first-order valence-electron chi connectivity index (χ1n) is 6.97. The summed E-state index contributed by atoms with van der Waals surface area (Å²) in [6.07, 6.45) is 0. The van der Waals surface area contributed by atoms with Gasteiger partial charge in [-0.1, -0.05) is 29.8 Å². The number of aryl methyl sites for hydroxylation is 1. The Morgan fingerprint density at radius 1 is 1.36 bits per heavy atom. The van der Waals surface area contributed by atoms with Crippen LogP contribution in [0.1, 0.15) is 17.2 Å². The Morgan fingerprint density at radius 3 is 2.64 bits per heavy atom. The Balaban J connectivity index is 2.04. The Hall–Kier alpha value is -2.57. The van der Waals surface area contributed by atoms with Crippen LogP contribution >= 0.6 is 0 Å². The van der Waals surface area contributed by atoms with E-state index in [-0.39, 0.29) is 12.6 Å². The van der Waals surface area contributed by atoms with Crippen LogP contribution in [0.25, 0.3) is 0 Å². The fraction of sp³-hybridized carbons (Fsp3) is 0.400. The van der Waals surface area contributed by atoms with E-state index < -0.39 is 17.9 Å². The molecule has 2 N–H and O–H groups in total. The molecule has 1 fully saturated rings. The van der Waals surface area contributed by atoms with Gasteiger partial charge in [-0.05, 0) is 12.5 Å². The highest BCUT2D eigenvalue weighted by atomic mass is 16.4. The van der Waals surface area contributed by atoms with Gasteiger partial charge in [0.2, 0.25) is 5.91 Å². The second-order valence-electron chi connectivity index (χ2n) is 5.38. The second kappa shape index (κ2) is 6.46. The lowest BCUT2D eigenvalue weighted by atomic mass is 10.0. The highest BCUT2D eigenvalue weighted by molar-refractivity contribution is 5.88. The predicted molar refractivity (Wildman–Crippen MR) is 79.3 cm³/mol. The monoisotopic (exact) mass is 305 g/mol. The molecule has 2 rings (SSSR count).